The highest BCUT2D eigenvalue weighted by Gasteiger charge is 2.10. The van der Waals surface area contributed by atoms with Gasteiger partial charge in [-0.3, -0.25) is 9.59 Å². The molecule has 140 valence electrons. The third-order valence-electron chi connectivity index (χ3n) is 3.37. The van der Waals surface area contributed by atoms with Crippen LogP contribution >= 0.6 is 11.3 Å². The van der Waals surface area contributed by atoms with Crippen molar-refractivity contribution >= 4 is 28.8 Å². The summed E-state index contributed by atoms with van der Waals surface area (Å²) in [4.78, 5) is 24.5. The molecule has 1 heterocycles. The van der Waals surface area contributed by atoms with Crippen LogP contribution in [-0.2, 0) is 9.53 Å². The van der Waals surface area contributed by atoms with Gasteiger partial charge in [0.25, 0.3) is 5.91 Å². The van der Waals surface area contributed by atoms with E-state index < -0.39 is 0 Å². The Morgan fingerprint density at radius 2 is 1.96 bits per heavy atom. The van der Waals surface area contributed by atoms with Crippen LogP contribution in [0.15, 0.2) is 35.7 Å². The SMILES string of the molecule is COCCOc1cc(NC(=O)CCNC(=O)c2cccs2)ccc1OC. The molecule has 2 rings (SSSR count). The van der Waals surface area contributed by atoms with E-state index in [0.717, 1.165) is 0 Å². The van der Waals surface area contributed by atoms with Crippen molar-refractivity contribution in [3.8, 4) is 11.5 Å². The van der Waals surface area contributed by atoms with E-state index in [2.05, 4.69) is 10.6 Å². The van der Waals surface area contributed by atoms with Crippen molar-refractivity contribution in [3.05, 3.63) is 40.6 Å². The quantitative estimate of drug-likeness (QED) is 0.621. The molecule has 0 aliphatic carbocycles. The molecule has 1 aromatic carbocycles. The van der Waals surface area contributed by atoms with Gasteiger partial charge in [0, 0.05) is 31.8 Å². The zero-order chi connectivity index (χ0) is 18.8. The molecular formula is C18H22N2O5S. The highest BCUT2D eigenvalue weighted by molar-refractivity contribution is 7.12. The maximum absolute atomic E-state index is 12.1. The Bertz CT molecular complexity index is 718. The molecule has 2 N–H and O–H groups in total. The average Bonchev–Trinajstić information content (AvgIpc) is 3.17. The van der Waals surface area contributed by atoms with Crippen LogP contribution in [0, 0.1) is 0 Å². The molecule has 0 aliphatic heterocycles. The summed E-state index contributed by atoms with van der Waals surface area (Å²) in [5.74, 6) is 0.714. The molecule has 0 aliphatic rings. The number of carbonyl (C=O) groups is 2. The molecule has 8 heteroatoms. The zero-order valence-electron chi connectivity index (χ0n) is 14.7. The van der Waals surface area contributed by atoms with Crippen molar-refractivity contribution in [1.29, 1.82) is 0 Å². The summed E-state index contributed by atoms with van der Waals surface area (Å²) >= 11 is 1.36. The van der Waals surface area contributed by atoms with E-state index in [-0.39, 0.29) is 24.8 Å². The fourth-order valence-electron chi connectivity index (χ4n) is 2.11. The van der Waals surface area contributed by atoms with E-state index in [1.165, 1.54) is 11.3 Å². The highest BCUT2D eigenvalue weighted by Crippen LogP contribution is 2.30. The second-order valence-corrected chi connectivity index (χ2v) is 6.19. The van der Waals surface area contributed by atoms with Crippen molar-refractivity contribution < 1.29 is 23.8 Å². The molecule has 0 spiro atoms. The maximum Gasteiger partial charge on any atom is 0.261 e. The summed E-state index contributed by atoms with van der Waals surface area (Å²) in [6.45, 7) is 1.08. The Morgan fingerprint density at radius 1 is 1.12 bits per heavy atom. The summed E-state index contributed by atoms with van der Waals surface area (Å²) in [5, 5.41) is 7.33. The van der Waals surface area contributed by atoms with Crippen LogP contribution in [0.3, 0.4) is 0 Å². The van der Waals surface area contributed by atoms with Crippen LogP contribution in [0.1, 0.15) is 16.1 Å². The number of anilines is 1. The number of methoxy groups -OCH3 is 2. The van der Waals surface area contributed by atoms with E-state index in [1.54, 1.807) is 38.5 Å². The Labute approximate surface area is 156 Å². The third kappa shape index (κ3) is 6.05. The number of ether oxygens (including phenoxy) is 3. The lowest BCUT2D eigenvalue weighted by molar-refractivity contribution is -0.116. The van der Waals surface area contributed by atoms with Gasteiger partial charge in [0.2, 0.25) is 5.91 Å². The molecule has 2 aromatic rings. The molecule has 0 unspecified atom stereocenters. The molecule has 7 nitrogen and oxygen atoms in total. The largest absolute Gasteiger partial charge is 0.493 e. The Balaban J connectivity index is 1.83. The number of hydrogen-bond acceptors (Lipinski definition) is 6. The van der Waals surface area contributed by atoms with E-state index in [4.69, 9.17) is 14.2 Å². The first kappa shape index (κ1) is 19.7. The Hall–Kier alpha value is -2.58. The summed E-state index contributed by atoms with van der Waals surface area (Å²) in [6, 6.07) is 8.68. The number of thiophene rings is 1. The van der Waals surface area contributed by atoms with Gasteiger partial charge in [-0.2, -0.15) is 0 Å². The zero-order valence-corrected chi connectivity index (χ0v) is 15.6. The van der Waals surface area contributed by atoms with E-state index in [9.17, 15) is 9.59 Å². The molecule has 1 aromatic heterocycles. The first-order valence-corrected chi connectivity index (χ1v) is 8.93. The van der Waals surface area contributed by atoms with Gasteiger partial charge in [-0.25, -0.2) is 0 Å². The fourth-order valence-corrected chi connectivity index (χ4v) is 2.75. The van der Waals surface area contributed by atoms with E-state index >= 15 is 0 Å². The summed E-state index contributed by atoms with van der Waals surface area (Å²) in [7, 11) is 3.14. The molecule has 0 saturated heterocycles. The first-order chi connectivity index (χ1) is 12.6. The van der Waals surface area contributed by atoms with Crippen molar-refractivity contribution in [2.24, 2.45) is 0 Å². The summed E-state index contributed by atoms with van der Waals surface area (Å²) in [6.07, 6.45) is 0.170. The minimum Gasteiger partial charge on any atom is -0.493 e. The number of benzene rings is 1. The van der Waals surface area contributed by atoms with Crippen LogP contribution in [-0.4, -0.2) is 45.8 Å². The van der Waals surface area contributed by atoms with Gasteiger partial charge in [-0.1, -0.05) is 6.07 Å². The molecule has 2 amide bonds. The van der Waals surface area contributed by atoms with Gasteiger partial charge in [-0.05, 0) is 23.6 Å². The van der Waals surface area contributed by atoms with Crippen LogP contribution in [0.2, 0.25) is 0 Å². The van der Waals surface area contributed by atoms with Crippen molar-refractivity contribution in [2.75, 3.05) is 39.3 Å². The second-order valence-electron chi connectivity index (χ2n) is 5.24. The first-order valence-electron chi connectivity index (χ1n) is 8.05. The van der Waals surface area contributed by atoms with Gasteiger partial charge in [-0.15, -0.1) is 11.3 Å². The lowest BCUT2D eigenvalue weighted by Gasteiger charge is -2.13. The monoisotopic (exact) mass is 378 g/mol. The van der Waals surface area contributed by atoms with Crippen LogP contribution < -0.4 is 20.1 Å². The van der Waals surface area contributed by atoms with Gasteiger partial charge in [0.15, 0.2) is 11.5 Å². The lowest BCUT2D eigenvalue weighted by Crippen LogP contribution is -2.27. The summed E-state index contributed by atoms with van der Waals surface area (Å²) in [5.41, 5.74) is 0.591. The topological polar surface area (TPSA) is 85.9 Å². The van der Waals surface area contributed by atoms with Gasteiger partial charge in [0.1, 0.15) is 6.61 Å². The predicted octanol–water partition coefficient (Wildman–Crippen LogP) is 2.54. The smallest absolute Gasteiger partial charge is 0.261 e. The minimum atomic E-state index is -0.204. The van der Waals surface area contributed by atoms with Crippen molar-refractivity contribution in [1.82, 2.24) is 5.32 Å². The van der Waals surface area contributed by atoms with Gasteiger partial charge < -0.3 is 24.8 Å². The fraction of sp³-hybridized carbons (Fsp3) is 0.333. The molecule has 0 bridgehead atoms. The number of nitrogens with one attached hydrogen (secondary N) is 2. The van der Waals surface area contributed by atoms with Crippen LogP contribution in [0.25, 0.3) is 0 Å². The standard InChI is InChI=1S/C18H22N2O5S/c1-23-9-10-25-15-12-13(5-6-14(15)24-2)20-17(21)7-8-19-18(22)16-4-3-11-26-16/h3-6,11-12H,7-10H2,1-2H3,(H,19,22)(H,20,21). The minimum absolute atomic E-state index is 0.170. The molecule has 26 heavy (non-hydrogen) atoms. The third-order valence-corrected chi connectivity index (χ3v) is 4.24. The highest BCUT2D eigenvalue weighted by atomic mass is 32.1. The van der Waals surface area contributed by atoms with E-state index in [0.29, 0.717) is 35.3 Å². The number of hydrogen-bond donors (Lipinski definition) is 2. The molecule has 0 atom stereocenters. The van der Waals surface area contributed by atoms with Gasteiger partial charge in [0.05, 0.1) is 18.6 Å². The Morgan fingerprint density at radius 3 is 2.65 bits per heavy atom. The maximum atomic E-state index is 12.1. The molecule has 0 radical (unpaired) electrons. The predicted molar refractivity (Wildman–Crippen MR) is 100 cm³/mol. The number of rotatable bonds is 10. The van der Waals surface area contributed by atoms with E-state index in [1.807, 2.05) is 11.4 Å². The molecule has 0 saturated carbocycles. The summed E-state index contributed by atoms with van der Waals surface area (Å²) < 4.78 is 15.8. The normalized spacial score (nSPS) is 10.2. The van der Waals surface area contributed by atoms with Crippen LogP contribution in [0.4, 0.5) is 5.69 Å². The van der Waals surface area contributed by atoms with Crippen molar-refractivity contribution in [2.45, 2.75) is 6.42 Å². The molecular weight excluding hydrogens is 356 g/mol. The molecule has 0 fully saturated rings. The lowest BCUT2D eigenvalue weighted by atomic mass is 10.2. The second kappa shape index (κ2) is 10.4. The van der Waals surface area contributed by atoms with Crippen molar-refractivity contribution in [3.63, 3.8) is 0 Å². The number of carbonyl (C=O) groups excluding carboxylic acids is 2. The van der Waals surface area contributed by atoms with Gasteiger partial charge >= 0.3 is 0 Å². The Kier molecular flexibility index (Phi) is 7.91. The van der Waals surface area contributed by atoms with Crippen LogP contribution in [0.5, 0.6) is 11.5 Å². The number of amides is 2. The average molecular weight is 378 g/mol.